The molecule has 1 N–H and O–H groups in total. The maximum Gasteiger partial charge on any atom is 0.223 e. The minimum absolute atomic E-state index is 0.226. The van der Waals surface area contributed by atoms with Gasteiger partial charge in [-0.3, -0.25) is 4.79 Å². The Morgan fingerprint density at radius 3 is 2.62 bits per heavy atom. The summed E-state index contributed by atoms with van der Waals surface area (Å²) in [5.74, 6) is 0.320. The average Bonchev–Trinajstić information content (AvgIpc) is 2.53. The van der Waals surface area contributed by atoms with Crippen LogP contribution in [0.4, 0.5) is 0 Å². The number of carbonyl (C=O) groups is 1. The molecule has 3 unspecified atom stereocenters. The molecule has 2 rings (SSSR count). The average molecular weight is 296 g/mol. The largest absolute Gasteiger partial charge is 0.378 e. The lowest BCUT2D eigenvalue weighted by Crippen LogP contribution is -2.62. The first-order chi connectivity index (χ1) is 10.1. The molecule has 1 saturated heterocycles. The number of nitrogens with one attached hydrogen (secondary N) is 1. The van der Waals surface area contributed by atoms with E-state index in [9.17, 15) is 4.79 Å². The molecule has 0 radical (unpaired) electrons. The molecule has 4 nitrogen and oxygen atoms in total. The summed E-state index contributed by atoms with van der Waals surface area (Å²) < 4.78 is 5.82. The van der Waals surface area contributed by atoms with Gasteiger partial charge >= 0.3 is 0 Å². The highest BCUT2D eigenvalue weighted by Crippen LogP contribution is 2.45. The normalized spacial score (nSPS) is 32.8. The van der Waals surface area contributed by atoms with Crippen molar-refractivity contribution in [1.29, 1.82) is 0 Å². The molecule has 0 aromatic rings. The minimum atomic E-state index is 0.226. The lowest BCUT2D eigenvalue weighted by Gasteiger charge is -2.53. The number of ether oxygens (including phenoxy) is 1. The lowest BCUT2D eigenvalue weighted by atomic mass is 9.61. The third-order valence-electron chi connectivity index (χ3n) is 5.55. The van der Waals surface area contributed by atoms with E-state index in [1.807, 2.05) is 4.90 Å². The maximum atomic E-state index is 12.1. The van der Waals surface area contributed by atoms with Gasteiger partial charge in [0.25, 0.3) is 0 Å². The second-order valence-corrected chi connectivity index (χ2v) is 6.74. The predicted octanol–water partition coefficient (Wildman–Crippen LogP) is 2.57. The van der Waals surface area contributed by atoms with Crippen LogP contribution in [0.5, 0.6) is 0 Å². The van der Waals surface area contributed by atoms with Crippen LogP contribution in [0.3, 0.4) is 0 Å². The molecule has 0 bridgehead atoms. The van der Waals surface area contributed by atoms with Crippen molar-refractivity contribution in [1.82, 2.24) is 10.2 Å². The van der Waals surface area contributed by atoms with Crippen molar-refractivity contribution in [2.24, 2.45) is 5.41 Å². The molecule has 1 aliphatic heterocycles. The van der Waals surface area contributed by atoms with Crippen LogP contribution in [0.2, 0.25) is 0 Å². The van der Waals surface area contributed by atoms with Crippen LogP contribution in [-0.2, 0) is 9.53 Å². The van der Waals surface area contributed by atoms with Gasteiger partial charge in [-0.25, -0.2) is 0 Å². The van der Waals surface area contributed by atoms with Gasteiger partial charge in [-0.05, 0) is 39.0 Å². The first kappa shape index (κ1) is 16.8. The summed E-state index contributed by atoms with van der Waals surface area (Å²) in [6.07, 6.45) is 6.83. The van der Waals surface area contributed by atoms with E-state index in [1.54, 1.807) is 0 Å². The summed E-state index contributed by atoms with van der Waals surface area (Å²) in [6, 6.07) is 0.494. The van der Waals surface area contributed by atoms with Crippen molar-refractivity contribution in [3.05, 3.63) is 0 Å². The zero-order chi connectivity index (χ0) is 15.3. The van der Waals surface area contributed by atoms with Crippen molar-refractivity contribution >= 4 is 5.91 Å². The SMILES string of the molecule is CCOC1CC(NCCC(=O)N2CCCCC2)C1(C)CC. The highest BCUT2D eigenvalue weighted by atomic mass is 16.5. The standard InChI is InChI=1S/C17H32N2O2/c1-4-17(3)14(13-15(17)21-5-2)18-10-9-16(20)19-11-7-6-8-12-19/h14-15,18H,4-13H2,1-3H3. The fraction of sp³-hybridized carbons (Fsp3) is 0.941. The summed E-state index contributed by atoms with van der Waals surface area (Å²) in [5, 5.41) is 3.59. The van der Waals surface area contributed by atoms with Crippen molar-refractivity contribution in [3.63, 3.8) is 0 Å². The highest BCUT2D eigenvalue weighted by molar-refractivity contribution is 5.76. The van der Waals surface area contributed by atoms with Crippen LogP contribution < -0.4 is 5.32 Å². The molecule has 3 atom stereocenters. The summed E-state index contributed by atoms with van der Waals surface area (Å²) >= 11 is 0. The fourth-order valence-corrected chi connectivity index (χ4v) is 3.72. The van der Waals surface area contributed by atoms with E-state index in [0.29, 0.717) is 24.5 Å². The van der Waals surface area contributed by atoms with Crippen LogP contribution in [-0.4, -0.2) is 49.2 Å². The van der Waals surface area contributed by atoms with Crippen molar-refractivity contribution in [2.45, 2.75) is 71.4 Å². The number of likely N-dealkylation sites (tertiary alicyclic amines) is 1. The third-order valence-corrected chi connectivity index (χ3v) is 5.55. The van der Waals surface area contributed by atoms with E-state index in [0.717, 1.165) is 39.1 Å². The Kier molecular flexibility index (Phi) is 6.06. The number of hydrogen-bond donors (Lipinski definition) is 1. The molecule has 0 aromatic carbocycles. The van der Waals surface area contributed by atoms with Crippen LogP contribution >= 0.6 is 0 Å². The van der Waals surface area contributed by atoms with Crippen LogP contribution in [0.25, 0.3) is 0 Å². The number of piperidine rings is 1. The van der Waals surface area contributed by atoms with Gasteiger partial charge in [0.15, 0.2) is 0 Å². The Morgan fingerprint density at radius 1 is 1.29 bits per heavy atom. The monoisotopic (exact) mass is 296 g/mol. The minimum Gasteiger partial charge on any atom is -0.378 e. The predicted molar refractivity (Wildman–Crippen MR) is 85.3 cm³/mol. The van der Waals surface area contributed by atoms with Crippen LogP contribution in [0, 0.1) is 5.41 Å². The molecular weight excluding hydrogens is 264 g/mol. The molecule has 2 fully saturated rings. The number of amides is 1. The number of hydrogen-bond acceptors (Lipinski definition) is 3. The second-order valence-electron chi connectivity index (χ2n) is 6.74. The van der Waals surface area contributed by atoms with Gasteiger partial charge in [-0.1, -0.05) is 13.8 Å². The van der Waals surface area contributed by atoms with Crippen molar-refractivity contribution in [2.75, 3.05) is 26.2 Å². The third kappa shape index (κ3) is 3.78. The Bertz CT molecular complexity index is 342. The molecule has 2 aliphatic rings. The van der Waals surface area contributed by atoms with Gasteiger partial charge in [0.1, 0.15) is 0 Å². The molecule has 4 heteroatoms. The second kappa shape index (κ2) is 7.59. The summed E-state index contributed by atoms with van der Waals surface area (Å²) in [6.45, 7) is 10.1. The van der Waals surface area contributed by atoms with E-state index < -0.39 is 0 Å². The molecule has 1 saturated carbocycles. The Morgan fingerprint density at radius 2 is 2.00 bits per heavy atom. The highest BCUT2D eigenvalue weighted by Gasteiger charge is 2.50. The zero-order valence-electron chi connectivity index (χ0n) is 14.0. The van der Waals surface area contributed by atoms with Gasteiger partial charge in [0, 0.05) is 44.1 Å². The molecule has 1 heterocycles. The Balaban J connectivity index is 1.70. The zero-order valence-corrected chi connectivity index (χ0v) is 14.0. The fourth-order valence-electron chi connectivity index (χ4n) is 3.72. The van der Waals surface area contributed by atoms with Crippen LogP contribution in [0.15, 0.2) is 0 Å². The van der Waals surface area contributed by atoms with Gasteiger partial charge in [-0.15, -0.1) is 0 Å². The van der Waals surface area contributed by atoms with Gasteiger partial charge in [0.2, 0.25) is 5.91 Å². The molecule has 122 valence electrons. The summed E-state index contributed by atoms with van der Waals surface area (Å²) in [5.41, 5.74) is 0.226. The van der Waals surface area contributed by atoms with E-state index in [1.165, 1.54) is 19.3 Å². The van der Waals surface area contributed by atoms with Gasteiger partial charge in [-0.2, -0.15) is 0 Å². The van der Waals surface area contributed by atoms with Gasteiger partial charge in [0.05, 0.1) is 6.10 Å². The number of rotatable bonds is 7. The van der Waals surface area contributed by atoms with Crippen molar-refractivity contribution in [3.8, 4) is 0 Å². The van der Waals surface area contributed by atoms with E-state index >= 15 is 0 Å². The number of carbonyl (C=O) groups excluding carboxylic acids is 1. The Hall–Kier alpha value is -0.610. The van der Waals surface area contributed by atoms with E-state index in [2.05, 4.69) is 26.1 Å². The molecule has 1 aliphatic carbocycles. The topological polar surface area (TPSA) is 41.6 Å². The quantitative estimate of drug-likeness (QED) is 0.785. The molecule has 1 amide bonds. The van der Waals surface area contributed by atoms with E-state index in [-0.39, 0.29) is 5.41 Å². The Labute approximate surface area is 129 Å². The molecular formula is C17H32N2O2. The van der Waals surface area contributed by atoms with Gasteiger partial charge < -0.3 is 15.0 Å². The first-order valence-electron chi connectivity index (χ1n) is 8.74. The molecule has 0 spiro atoms. The summed E-state index contributed by atoms with van der Waals surface area (Å²) in [7, 11) is 0. The summed E-state index contributed by atoms with van der Waals surface area (Å²) in [4.78, 5) is 14.2. The molecule has 0 aromatic heterocycles. The lowest BCUT2D eigenvalue weighted by molar-refractivity contribution is -0.133. The smallest absolute Gasteiger partial charge is 0.223 e. The number of nitrogens with zero attached hydrogens (tertiary/aromatic N) is 1. The first-order valence-corrected chi connectivity index (χ1v) is 8.74. The maximum absolute atomic E-state index is 12.1. The van der Waals surface area contributed by atoms with Crippen molar-refractivity contribution < 1.29 is 9.53 Å². The van der Waals surface area contributed by atoms with Crippen LogP contribution in [0.1, 0.15) is 59.3 Å². The van der Waals surface area contributed by atoms with E-state index in [4.69, 9.17) is 4.74 Å². The molecule has 21 heavy (non-hydrogen) atoms.